The Balaban J connectivity index is 1.57. The van der Waals surface area contributed by atoms with Crippen LogP contribution in [0.25, 0.3) is 0 Å². The molecule has 0 bridgehead atoms. The van der Waals surface area contributed by atoms with E-state index in [1.54, 1.807) is 0 Å². The van der Waals surface area contributed by atoms with E-state index in [0.29, 0.717) is 25.1 Å². The van der Waals surface area contributed by atoms with E-state index in [9.17, 15) is 18.0 Å². The molecule has 0 radical (unpaired) electrons. The van der Waals surface area contributed by atoms with Crippen molar-refractivity contribution >= 4 is 27.4 Å². The second-order valence-corrected chi connectivity index (χ2v) is 9.18. The number of carbonyl (C=O) groups excluding carboxylic acids is 2. The molecule has 1 saturated heterocycles. The number of hydrogen-bond donors (Lipinski definition) is 1. The molecule has 2 aliphatic heterocycles. The molecule has 0 unspecified atom stereocenters. The van der Waals surface area contributed by atoms with Crippen LogP contribution in [0.3, 0.4) is 0 Å². The fourth-order valence-corrected chi connectivity index (χ4v) is 5.25. The van der Waals surface area contributed by atoms with Gasteiger partial charge in [0.05, 0.1) is 17.5 Å². The summed E-state index contributed by atoms with van der Waals surface area (Å²) in [6.45, 7) is 0.565. The van der Waals surface area contributed by atoms with Crippen molar-refractivity contribution in [3.05, 3.63) is 11.6 Å². The van der Waals surface area contributed by atoms with Gasteiger partial charge in [-0.3, -0.25) is 9.59 Å². The maximum atomic E-state index is 12.3. The Morgan fingerprint density at radius 2 is 2.12 bits per heavy atom. The van der Waals surface area contributed by atoms with Crippen molar-refractivity contribution < 1.29 is 18.0 Å². The van der Waals surface area contributed by atoms with Crippen LogP contribution in [0.2, 0.25) is 0 Å². The third-order valence-corrected chi connectivity index (χ3v) is 6.74. The first kappa shape index (κ1) is 18.1. The summed E-state index contributed by atoms with van der Waals surface area (Å²) in [6, 6.07) is -0.437. The molecule has 0 aromatic rings. The van der Waals surface area contributed by atoms with E-state index < -0.39 is 15.9 Å². The lowest BCUT2D eigenvalue weighted by atomic mass is 9.97. The van der Waals surface area contributed by atoms with Gasteiger partial charge in [-0.15, -0.1) is 0 Å². The Morgan fingerprint density at radius 3 is 2.80 bits per heavy atom. The minimum Gasteiger partial charge on any atom is -0.351 e. The minimum absolute atomic E-state index is 0.0642. The lowest BCUT2D eigenvalue weighted by Crippen LogP contribution is -2.44. The smallest absolute Gasteiger partial charge is 0.267 e. The summed E-state index contributed by atoms with van der Waals surface area (Å²) >= 11 is 0. The van der Waals surface area contributed by atoms with Gasteiger partial charge in [0.15, 0.2) is 9.84 Å². The maximum Gasteiger partial charge on any atom is 0.267 e. The van der Waals surface area contributed by atoms with Crippen LogP contribution in [0.4, 0.5) is 0 Å². The predicted molar refractivity (Wildman–Crippen MR) is 94.8 cm³/mol. The van der Waals surface area contributed by atoms with Crippen molar-refractivity contribution in [3.8, 4) is 0 Å². The molecule has 2 amide bonds. The Morgan fingerprint density at radius 1 is 1.28 bits per heavy atom. The Bertz CT molecular complexity index is 711. The molecule has 1 fully saturated rings. The van der Waals surface area contributed by atoms with Gasteiger partial charge in [0, 0.05) is 19.4 Å². The topological polar surface area (TPSA) is 95.9 Å². The molecule has 0 aromatic heterocycles. The zero-order valence-corrected chi connectivity index (χ0v) is 15.2. The molecule has 3 aliphatic rings. The van der Waals surface area contributed by atoms with Crippen LogP contribution in [0.15, 0.2) is 16.8 Å². The predicted octanol–water partition coefficient (Wildman–Crippen LogP) is 1.16. The molecule has 0 spiro atoms. The monoisotopic (exact) mass is 367 g/mol. The molecule has 1 aliphatic carbocycles. The second kappa shape index (κ2) is 7.68. The van der Waals surface area contributed by atoms with Gasteiger partial charge in [0.1, 0.15) is 5.71 Å². The lowest BCUT2D eigenvalue weighted by molar-refractivity contribution is -0.133. The van der Waals surface area contributed by atoms with Crippen LogP contribution >= 0.6 is 0 Å². The highest BCUT2D eigenvalue weighted by molar-refractivity contribution is 7.91. The van der Waals surface area contributed by atoms with Crippen LogP contribution in [0.5, 0.6) is 0 Å². The minimum atomic E-state index is -3.10. The molecule has 0 aromatic carbocycles. The van der Waals surface area contributed by atoms with Crippen molar-refractivity contribution in [3.63, 3.8) is 0 Å². The Hall–Kier alpha value is -1.70. The van der Waals surface area contributed by atoms with Crippen LogP contribution in [0, 0.1) is 0 Å². The van der Waals surface area contributed by atoms with Crippen molar-refractivity contribution in [2.24, 2.45) is 5.10 Å². The van der Waals surface area contributed by atoms with Crippen molar-refractivity contribution in [1.29, 1.82) is 0 Å². The highest BCUT2D eigenvalue weighted by Crippen LogP contribution is 2.22. The number of allylic oxidation sites excluding steroid dienone is 1. The van der Waals surface area contributed by atoms with Crippen molar-refractivity contribution in [2.75, 3.05) is 18.1 Å². The second-order valence-electron chi connectivity index (χ2n) is 6.96. The van der Waals surface area contributed by atoms with Gasteiger partial charge in [-0.05, 0) is 38.5 Å². The van der Waals surface area contributed by atoms with E-state index >= 15 is 0 Å². The van der Waals surface area contributed by atoms with Crippen LogP contribution in [-0.4, -0.2) is 55.0 Å². The Labute approximate surface area is 148 Å². The highest BCUT2D eigenvalue weighted by atomic mass is 32.2. The highest BCUT2D eigenvalue weighted by Gasteiger charge is 2.37. The molecule has 1 atom stereocenters. The normalized spacial score (nSPS) is 26.2. The van der Waals surface area contributed by atoms with E-state index in [1.807, 2.05) is 0 Å². The van der Waals surface area contributed by atoms with Gasteiger partial charge in [0.25, 0.3) is 5.91 Å². The van der Waals surface area contributed by atoms with E-state index in [0.717, 1.165) is 19.3 Å². The zero-order chi connectivity index (χ0) is 17.9. The van der Waals surface area contributed by atoms with Gasteiger partial charge in [0.2, 0.25) is 5.91 Å². The third kappa shape index (κ3) is 4.68. The molecule has 1 N–H and O–H groups in total. The van der Waals surface area contributed by atoms with Crippen LogP contribution in [-0.2, 0) is 19.4 Å². The summed E-state index contributed by atoms with van der Waals surface area (Å²) in [6.07, 6.45) is 8.70. The van der Waals surface area contributed by atoms with Gasteiger partial charge in [-0.2, -0.15) is 5.10 Å². The zero-order valence-electron chi connectivity index (χ0n) is 14.4. The number of hydrogen-bond acceptors (Lipinski definition) is 5. The summed E-state index contributed by atoms with van der Waals surface area (Å²) in [5.74, 6) is -0.445. The average molecular weight is 367 g/mol. The summed E-state index contributed by atoms with van der Waals surface area (Å²) in [5, 5.41) is 8.29. The fourth-order valence-electron chi connectivity index (χ4n) is 3.56. The molecule has 2 heterocycles. The molecule has 138 valence electrons. The first-order valence-corrected chi connectivity index (χ1v) is 10.8. The third-order valence-electron chi connectivity index (χ3n) is 4.99. The van der Waals surface area contributed by atoms with Gasteiger partial charge in [-0.25, -0.2) is 13.4 Å². The summed E-state index contributed by atoms with van der Waals surface area (Å²) in [5.41, 5.74) is 1.71. The molecule has 3 rings (SSSR count). The summed E-state index contributed by atoms with van der Waals surface area (Å²) in [7, 11) is -3.10. The lowest BCUT2D eigenvalue weighted by Gasteiger charge is -2.27. The molecular formula is C17H25N3O4S. The van der Waals surface area contributed by atoms with E-state index in [4.69, 9.17) is 0 Å². The number of rotatable bonds is 5. The first-order valence-electron chi connectivity index (χ1n) is 9.01. The molecule has 0 saturated carbocycles. The Kier molecular flexibility index (Phi) is 5.56. The number of nitrogens with zero attached hydrogens (tertiary/aromatic N) is 2. The number of nitrogens with one attached hydrogen (secondary N) is 1. The maximum absolute atomic E-state index is 12.3. The van der Waals surface area contributed by atoms with Crippen LogP contribution in [0.1, 0.15) is 51.4 Å². The molecular weight excluding hydrogens is 342 g/mol. The molecule has 7 nitrogen and oxygen atoms in total. The van der Waals surface area contributed by atoms with Gasteiger partial charge < -0.3 is 5.32 Å². The van der Waals surface area contributed by atoms with Crippen molar-refractivity contribution in [2.45, 2.75) is 57.4 Å². The summed E-state index contributed by atoms with van der Waals surface area (Å²) < 4.78 is 23.3. The molecule has 25 heavy (non-hydrogen) atoms. The SMILES string of the molecule is O=C(NCCC1=CCCCC1)C1=NN([C@H]2CCS(=O)(=O)C2)C(=O)CC1. The van der Waals surface area contributed by atoms with Crippen LogP contribution < -0.4 is 5.32 Å². The standard InChI is InChI=1S/C17H25N3O4S/c21-16-7-6-15(19-20(16)14-9-11-25(23,24)12-14)17(22)18-10-8-13-4-2-1-3-5-13/h4,14H,1-3,5-12H2,(H,18,22)/t14-/m0/s1. The quantitative estimate of drug-likeness (QED) is 0.738. The van der Waals surface area contributed by atoms with E-state index in [1.165, 1.54) is 23.4 Å². The number of amides is 2. The average Bonchev–Trinajstić information content (AvgIpc) is 2.96. The number of hydrazone groups is 1. The number of carbonyl (C=O) groups is 2. The summed E-state index contributed by atoms with van der Waals surface area (Å²) in [4.78, 5) is 24.4. The van der Waals surface area contributed by atoms with Crippen molar-refractivity contribution in [1.82, 2.24) is 10.3 Å². The fraction of sp³-hybridized carbons (Fsp3) is 0.706. The first-order chi connectivity index (χ1) is 11.9. The molecule has 8 heteroatoms. The van der Waals surface area contributed by atoms with E-state index in [-0.39, 0.29) is 29.7 Å². The largest absolute Gasteiger partial charge is 0.351 e. The van der Waals surface area contributed by atoms with Gasteiger partial charge >= 0.3 is 0 Å². The number of sulfone groups is 1. The van der Waals surface area contributed by atoms with E-state index in [2.05, 4.69) is 16.5 Å². The van der Waals surface area contributed by atoms with Gasteiger partial charge in [-0.1, -0.05) is 11.6 Å².